The minimum atomic E-state index is -0.127. The van der Waals surface area contributed by atoms with Crippen molar-refractivity contribution in [3.05, 3.63) is 0 Å². The van der Waals surface area contributed by atoms with Crippen molar-refractivity contribution in [3.63, 3.8) is 0 Å². The van der Waals surface area contributed by atoms with Crippen LogP contribution in [0, 0.1) is 0 Å². The summed E-state index contributed by atoms with van der Waals surface area (Å²) in [6.07, 6.45) is 3.40. The fraction of sp³-hybridized carbons (Fsp3) is 0.923. The maximum absolute atomic E-state index is 11.8. The summed E-state index contributed by atoms with van der Waals surface area (Å²) in [5.41, 5.74) is 0. The van der Waals surface area contributed by atoms with Gasteiger partial charge in [-0.3, -0.25) is 4.79 Å². The van der Waals surface area contributed by atoms with E-state index in [2.05, 4.69) is 17.6 Å². The summed E-state index contributed by atoms with van der Waals surface area (Å²) in [6.45, 7) is 8.82. The molecule has 0 aromatic rings. The lowest BCUT2D eigenvalue weighted by atomic mass is 10.0. The predicted molar refractivity (Wildman–Crippen MR) is 68.9 cm³/mol. The van der Waals surface area contributed by atoms with Crippen molar-refractivity contribution < 1.29 is 9.53 Å². The van der Waals surface area contributed by atoms with Crippen LogP contribution in [0.5, 0.6) is 0 Å². The molecule has 0 saturated carbocycles. The molecule has 2 N–H and O–H groups in total. The summed E-state index contributed by atoms with van der Waals surface area (Å²) in [7, 11) is 0. The van der Waals surface area contributed by atoms with Gasteiger partial charge in [-0.2, -0.15) is 0 Å². The van der Waals surface area contributed by atoms with E-state index in [0.717, 1.165) is 25.9 Å². The molecule has 1 aliphatic rings. The second-order valence-corrected chi connectivity index (χ2v) is 5.17. The largest absolute Gasteiger partial charge is 0.378 e. The van der Waals surface area contributed by atoms with Crippen LogP contribution < -0.4 is 10.6 Å². The SMILES string of the molecule is CCC1CC(NC(C)C(=O)NC(C)C)CCO1. The molecule has 0 aliphatic carbocycles. The quantitative estimate of drug-likeness (QED) is 0.767. The molecule has 0 aromatic carbocycles. The topological polar surface area (TPSA) is 50.4 Å². The summed E-state index contributed by atoms with van der Waals surface area (Å²) in [4.78, 5) is 11.8. The number of nitrogens with one attached hydrogen (secondary N) is 2. The third-order valence-corrected chi connectivity index (χ3v) is 3.13. The van der Waals surface area contributed by atoms with Gasteiger partial charge in [-0.1, -0.05) is 6.92 Å². The highest BCUT2D eigenvalue weighted by Gasteiger charge is 2.24. The molecule has 0 radical (unpaired) electrons. The van der Waals surface area contributed by atoms with Crippen LogP contribution in [-0.4, -0.2) is 36.7 Å². The van der Waals surface area contributed by atoms with Crippen LogP contribution in [0.2, 0.25) is 0 Å². The Kier molecular flexibility index (Phi) is 5.92. The van der Waals surface area contributed by atoms with Crippen LogP contribution in [0.15, 0.2) is 0 Å². The number of ether oxygens (including phenoxy) is 1. The minimum Gasteiger partial charge on any atom is -0.378 e. The second kappa shape index (κ2) is 6.97. The molecule has 4 heteroatoms. The number of rotatable bonds is 5. The molecule has 1 heterocycles. The van der Waals surface area contributed by atoms with E-state index in [-0.39, 0.29) is 18.0 Å². The highest BCUT2D eigenvalue weighted by Crippen LogP contribution is 2.16. The molecule has 0 spiro atoms. The second-order valence-electron chi connectivity index (χ2n) is 5.17. The van der Waals surface area contributed by atoms with Crippen molar-refractivity contribution in [2.24, 2.45) is 0 Å². The summed E-state index contributed by atoms with van der Waals surface area (Å²) < 4.78 is 5.62. The Hall–Kier alpha value is -0.610. The van der Waals surface area contributed by atoms with E-state index in [1.807, 2.05) is 20.8 Å². The van der Waals surface area contributed by atoms with Gasteiger partial charge in [0.15, 0.2) is 0 Å². The van der Waals surface area contributed by atoms with E-state index < -0.39 is 0 Å². The zero-order valence-electron chi connectivity index (χ0n) is 11.5. The molecule has 3 unspecified atom stereocenters. The molecule has 1 fully saturated rings. The number of hydrogen-bond donors (Lipinski definition) is 2. The first-order chi connectivity index (χ1) is 8.02. The Bertz CT molecular complexity index is 244. The highest BCUT2D eigenvalue weighted by atomic mass is 16.5. The standard InChI is InChI=1S/C13H26N2O2/c1-5-12-8-11(6-7-17-12)15-10(4)13(16)14-9(2)3/h9-12,15H,5-8H2,1-4H3,(H,14,16). The van der Waals surface area contributed by atoms with Gasteiger partial charge in [-0.05, 0) is 40.0 Å². The number of carbonyl (C=O) groups is 1. The van der Waals surface area contributed by atoms with Crippen LogP contribution in [-0.2, 0) is 9.53 Å². The molecule has 4 nitrogen and oxygen atoms in total. The summed E-state index contributed by atoms with van der Waals surface area (Å²) in [5, 5.41) is 6.32. The number of carbonyl (C=O) groups excluding carboxylic acids is 1. The first-order valence-electron chi connectivity index (χ1n) is 6.71. The van der Waals surface area contributed by atoms with Crippen LogP contribution in [0.1, 0.15) is 47.0 Å². The van der Waals surface area contributed by atoms with Crippen molar-refractivity contribution in [2.45, 2.75) is 71.2 Å². The van der Waals surface area contributed by atoms with Gasteiger partial charge >= 0.3 is 0 Å². The van der Waals surface area contributed by atoms with Crippen molar-refractivity contribution in [2.75, 3.05) is 6.61 Å². The van der Waals surface area contributed by atoms with E-state index >= 15 is 0 Å². The Balaban J connectivity index is 2.34. The number of amides is 1. The van der Waals surface area contributed by atoms with Gasteiger partial charge in [0.05, 0.1) is 12.1 Å². The normalized spacial score (nSPS) is 26.9. The van der Waals surface area contributed by atoms with E-state index in [0.29, 0.717) is 12.1 Å². The third kappa shape index (κ3) is 5.04. The average molecular weight is 242 g/mol. The van der Waals surface area contributed by atoms with Gasteiger partial charge in [0.1, 0.15) is 0 Å². The Morgan fingerprint density at radius 2 is 2.12 bits per heavy atom. The predicted octanol–water partition coefficient (Wildman–Crippen LogP) is 1.45. The zero-order chi connectivity index (χ0) is 12.8. The highest BCUT2D eigenvalue weighted by molar-refractivity contribution is 5.81. The minimum absolute atomic E-state index is 0.0829. The average Bonchev–Trinajstić information content (AvgIpc) is 2.28. The summed E-state index contributed by atoms with van der Waals surface area (Å²) in [6, 6.07) is 0.476. The van der Waals surface area contributed by atoms with E-state index in [1.54, 1.807) is 0 Å². The lowest BCUT2D eigenvalue weighted by Gasteiger charge is -2.31. The van der Waals surface area contributed by atoms with Crippen LogP contribution >= 0.6 is 0 Å². The fourth-order valence-electron chi connectivity index (χ4n) is 2.15. The smallest absolute Gasteiger partial charge is 0.237 e. The van der Waals surface area contributed by atoms with Gasteiger partial charge in [-0.25, -0.2) is 0 Å². The maximum Gasteiger partial charge on any atom is 0.237 e. The molecule has 0 bridgehead atoms. The van der Waals surface area contributed by atoms with Crippen molar-refractivity contribution in [1.29, 1.82) is 0 Å². The molecular formula is C13H26N2O2. The fourth-order valence-corrected chi connectivity index (χ4v) is 2.15. The zero-order valence-corrected chi connectivity index (χ0v) is 11.5. The van der Waals surface area contributed by atoms with Gasteiger partial charge in [0.2, 0.25) is 5.91 Å². The number of hydrogen-bond acceptors (Lipinski definition) is 3. The van der Waals surface area contributed by atoms with Gasteiger partial charge in [-0.15, -0.1) is 0 Å². The molecule has 1 rings (SSSR count). The first kappa shape index (κ1) is 14.5. The van der Waals surface area contributed by atoms with Crippen molar-refractivity contribution >= 4 is 5.91 Å². The van der Waals surface area contributed by atoms with E-state index in [9.17, 15) is 4.79 Å². The molecule has 100 valence electrons. The lowest BCUT2D eigenvalue weighted by Crippen LogP contribution is -2.50. The van der Waals surface area contributed by atoms with Crippen molar-refractivity contribution in [1.82, 2.24) is 10.6 Å². The van der Waals surface area contributed by atoms with Crippen LogP contribution in [0.4, 0.5) is 0 Å². The van der Waals surface area contributed by atoms with E-state index in [4.69, 9.17) is 4.74 Å². The van der Waals surface area contributed by atoms with Crippen LogP contribution in [0.25, 0.3) is 0 Å². The molecule has 1 aliphatic heterocycles. The van der Waals surface area contributed by atoms with Crippen molar-refractivity contribution in [3.8, 4) is 0 Å². The third-order valence-electron chi connectivity index (χ3n) is 3.13. The Labute approximate surface area is 104 Å². The monoisotopic (exact) mass is 242 g/mol. The van der Waals surface area contributed by atoms with Gasteiger partial charge < -0.3 is 15.4 Å². The van der Waals surface area contributed by atoms with Gasteiger partial charge in [0.25, 0.3) is 0 Å². The molecular weight excluding hydrogens is 216 g/mol. The lowest BCUT2D eigenvalue weighted by molar-refractivity contribution is -0.123. The molecule has 0 aromatic heterocycles. The summed E-state index contributed by atoms with van der Waals surface area (Å²) >= 11 is 0. The maximum atomic E-state index is 11.8. The molecule has 1 amide bonds. The molecule has 3 atom stereocenters. The molecule has 1 saturated heterocycles. The van der Waals surface area contributed by atoms with Gasteiger partial charge in [0, 0.05) is 18.7 Å². The Morgan fingerprint density at radius 3 is 2.71 bits per heavy atom. The summed E-state index contributed by atoms with van der Waals surface area (Å²) in [5.74, 6) is 0.0829. The van der Waals surface area contributed by atoms with E-state index in [1.165, 1.54) is 0 Å². The first-order valence-corrected chi connectivity index (χ1v) is 6.71. The molecule has 17 heavy (non-hydrogen) atoms. The van der Waals surface area contributed by atoms with Crippen LogP contribution in [0.3, 0.4) is 0 Å². The Morgan fingerprint density at radius 1 is 1.41 bits per heavy atom.